The molecule has 0 unspecified atom stereocenters. The molecule has 0 radical (unpaired) electrons. The fourth-order valence-corrected chi connectivity index (χ4v) is 2.14. The molecule has 0 aromatic carbocycles. The van der Waals surface area contributed by atoms with Crippen LogP contribution in [0.25, 0.3) is 0 Å². The number of rotatable bonds is 4. The van der Waals surface area contributed by atoms with Crippen molar-refractivity contribution in [3.05, 3.63) is 41.0 Å². The molecule has 19 heavy (non-hydrogen) atoms. The van der Waals surface area contributed by atoms with E-state index in [0.717, 1.165) is 35.5 Å². The number of hydrogen-bond donors (Lipinski definition) is 1. The van der Waals surface area contributed by atoms with E-state index >= 15 is 0 Å². The molecular formula is C14H17N5. The Morgan fingerprint density at radius 2 is 2.16 bits per heavy atom. The van der Waals surface area contributed by atoms with Crippen LogP contribution in [-0.2, 0) is 19.4 Å². The summed E-state index contributed by atoms with van der Waals surface area (Å²) < 4.78 is 1.92. The first-order valence-corrected chi connectivity index (χ1v) is 6.38. The van der Waals surface area contributed by atoms with Gasteiger partial charge in [0.15, 0.2) is 0 Å². The van der Waals surface area contributed by atoms with Gasteiger partial charge in [-0.25, -0.2) is 4.98 Å². The third kappa shape index (κ3) is 2.58. The van der Waals surface area contributed by atoms with Crippen molar-refractivity contribution >= 4 is 5.69 Å². The largest absolute Gasteiger partial charge is 0.396 e. The van der Waals surface area contributed by atoms with Crippen LogP contribution >= 0.6 is 0 Å². The minimum Gasteiger partial charge on any atom is -0.396 e. The molecule has 0 spiro atoms. The number of nitrogens with zero attached hydrogens (tertiary/aromatic N) is 4. The maximum absolute atomic E-state index is 8.86. The molecule has 0 saturated heterocycles. The Morgan fingerprint density at radius 3 is 2.79 bits per heavy atom. The van der Waals surface area contributed by atoms with Gasteiger partial charge in [-0.1, -0.05) is 13.8 Å². The summed E-state index contributed by atoms with van der Waals surface area (Å²) in [6.07, 6.45) is 3.31. The number of anilines is 1. The Bertz CT molecular complexity index is 621. The van der Waals surface area contributed by atoms with E-state index in [1.54, 1.807) is 12.3 Å². The van der Waals surface area contributed by atoms with Crippen molar-refractivity contribution in [1.29, 1.82) is 5.26 Å². The first-order valence-electron chi connectivity index (χ1n) is 6.38. The zero-order valence-corrected chi connectivity index (χ0v) is 11.2. The average Bonchev–Trinajstić information content (AvgIpc) is 2.74. The lowest BCUT2D eigenvalue weighted by molar-refractivity contribution is 0.640. The van der Waals surface area contributed by atoms with Gasteiger partial charge in [-0.3, -0.25) is 4.68 Å². The third-order valence-electron chi connectivity index (χ3n) is 3.12. The Hall–Kier alpha value is -2.35. The van der Waals surface area contributed by atoms with Gasteiger partial charge >= 0.3 is 0 Å². The highest BCUT2D eigenvalue weighted by molar-refractivity contribution is 5.48. The van der Waals surface area contributed by atoms with E-state index in [1.165, 1.54) is 0 Å². The maximum atomic E-state index is 8.86. The number of nitrogens with two attached hydrogens (primary N) is 1. The number of pyridine rings is 1. The van der Waals surface area contributed by atoms with E-state index in [1.807, 2.05) is 23.7 Å². The van der Waals surface area contributed by atoms with Gasteiger partial charge in [-0.05, 0) is 30.5 Å². The first-order chi connectivity index (χ1) is 9.19. The van der Waals surface area contributed by atoms with Crippen LogP contribution in [0, 0.1) is 11.3 Å². The minimum absolute atomic E-state index is 0.423. The van der Waals surface area contributed by atoms with Crippen molar-refractivity contribution in [1.82, 2.24) is 14.8 Å². The Labute approximate surface area is 112 Å². The van der Waals surface area contributed by atoms with Crippen molar-refractivity contribution < 1.29 is 0 Å². The molecule has 2 heterocycles. The Balaban J connectivity index is 2.35. The van der Waals surface area contributed by atoms with Crippen LogP contribution in [0.5, 0.6) is 0 Å². The SMILES string of the molecule is CCc1nn(Cc2ccnc(C#N)c2)c(CC)c1N. The van der Waals surface area contributed by atoms with Gasteiger partial charge in [0.1, 0.15) is 11.8 Å². The van der Waals surface area contributed by atoms with E-state index < -0.39 is 0 Å². The predicted molar refractivity (Wildman–Crippen MR) is 73.4 cm³/mol. The Morgan fingerprint density at radius 1 is 1.37 bits per heavy atom. The van der Waals surface area contributed by atoms with Gasteiger partial charge in [-0.15, -0.1) is 0 Å². The highest BCUT2D eigenvalue weighted by Gasteiger charge is 2.12. The van der Waals surface area contributed by atoms with E-state index in [-0.39, 0.29) is 0 Å². The summed E-state index contributed by atoms with van der Waals surface area (Å²) in [6, 6.07) is 5.72. The lowest BCUT2D eigenvalue weighted by atomic mass is 10.2. The minimum atomic E-state index is 0.423. The lowest BCUT2D eigenvalue weighted by Gasteiger charge is -2.06. The first kappa shape index (κ1) is 13.1. The Kier molecular flexibility index (Phi) is 3.81. The molecule has 2 rings (SSSR count). The van der Waals surface area contributed by atoms with Gasteiger partial charge in [0.2, 0.25) is 0 Å². The zero-order valence-electron chi connectivity index (χ0n) is 11.2. The van der Waals surface area contributed by atoms with Crippen molar-refractivity contribution in [2.75, 3.05) is 5.73 Å². The molecule has 0 saturated carbocycles. The van der Waals surface area contributed by atoms with E-state index in [4.69, 9.17) is 11.0 Å². The summed E-state index contributed by atoms with van der Waals surface area (Å²) in [5.74, 6) is 0. The van der Waals surface area contributed by atoms with Crippen LogP contribution in [0.2, 0.25) is 0 Å². The van der Waals surface area contributed by atoms with Crippen LogP contribution in [0.3, 0.4) is 0 Å². The summed E-state index contributed by atoms with van der Waals surface area (Å²) in [6.45, 7) is 4.73. The molecule has 0 aliphatic heterocycles. The molecule has 0 amide bonds. The monoisotopic (exact) mass is 255 g/mol. The number of aryl methyl sites for hydroxylation is 1. The summed E-state index contributed by atoms with van der Waals surface area (Å²) in [7, 11) is 0. The molecule has 2 aromatic heterocycles. The molecule has 0 aliphatic carbocycles. The van der Waals surface area contributed by atoms with Crippen LogP contribution in [0.15, 0.2) is 18.3 Å². The zero-order chi connectivity index (χ0) is 13.8. The fraction of sp³-hybridized carbons (Fsp3) is 0.357. The maximum Gasteiger partial charge on any atom is 0.140 e. The van der Waals surface area contributed by atoms with E-state index in [2.05, 4.69) is 17.0 Å². The van der Waals surface area contributed by atoms with Crippen molar-refractivity contribution in [2.24, 2.45) is 0 Å². The normalized spacial score (nSPS) is 10.4. The van der Waals surface area contributed by atoms with Crippen LogP contribution in [-0.4, -0.2) is 14.8 Å². The van der Waals surface area contributed by atoms with Crippen LogP contribution < -0.4 is 5.73 Å². The second-order valence-corrected chi connectivity index (χ2v) is 4.33. The number of nitrogen functional groups attached to an aromatic ring is 1. The lowest BCUT2D eigenvalue weighted by Crippen LogP contribution is -2.07. The smallest absolute Gasteiger partial charge is 0.140 e. The molecule has 0 fully saturated rings. The molecule has 0 aliphatic rings. The van der Waals surface area contributed by atoms with Crippen molar-refractivity contribution in [3.63, 3.8) is 0 Å². The number of nitriles is 1. The van der Waals surface area contributed by atoms with Crippen LogP contribution in [0.4, 0.5) is 5.69 Å². The average molecular weight is 255 g/mol. The van der Waals surface area contributed by atoms with Crippen LogP contribution in [0.1, 0.15) is 36.5 Å². The standard InChI is InChI=1S/C14H17N5/c1-3-12-14(16)13(4-2)19(18-12)9-10-5-6-17-11(7-10)8-15/h5-7H,3-4,9,16H2,1-2H3. The van der Waals surface area contributed by atoms with Crippen molar-refractivity contribution in [2.45, 2.75) is 33.2 Å². The van der Waals surface area contributed by atoms with E-state index in [0.29, 0.717) is 12.2 Å². The summed E-state index contributed by atoms with van der Waals surface area (Å²) in [5.41, 5.74) is 10.3. The third-order valence-corrected chi connectivity index (χ3v) is 3.12. The van der Waals surface area contributed by atoms with E-state index in [9.17, 15) is 0 Å². The van der Waals surface area contributed by atoms with Gasteiger partial charge in [0, 0.05) is 6.20 Å². The second kappa shape index (κ2) is 5.53. The molecular weight excluding hydrogens is 238 g/mol. The highest BCUT2D eigenvalue weighted by Crippen LogP contribution is 2.19. The number of aromatic nitrogens is 3. The number of hydrogen-bond acceptors (Lipinski definition) is 4. The molecule has 5 nitrogen and oxygen atoms in total. The fourth-order valence-electron chi connectivity index (χ4n) is 2.14. The molecule has 98 valence electrons. The molecule has 2 N–H and O–H groups in total. The van der Waals surface area contributed by atoms with Gasteiger partial charge in [0.05, 0.1) is 23.6 Å². The topological polar surface area (TPSA) is 80.5 Å². The van der Waals surface area contributed by atoms with Gasteiger partial charge < -0.3 is 5.73 Å². The molecule has 0 bridgehead atoms. The molecule has 0 atom stereocenters. The van der Waals surface area contributed by atoms with Gasteiger partial charge in [0.25, 0.3) is 0 Å². The molecule has 2 aromatic rings. The predicted octanol–water partition coefficient (Wildman–Crippen LogP) is 1.91. The summed E-state index contributed by atoms with van der Waals surface area (Å²) in [4.78, 5) is 3.97. The summed E-state index contributed by atoms with van der Waals surface area (Å²) in [5, 5.41) is 13.4. The van der Waals surface area contributed by atoms with Crippen molar-refractivity contribution in [3.8, 4) is 6.07 Å². The molecule has 5 heteroatoms. The quantitative estimate of drug-likeness (QED) is 0.904. The summed E-state index contributed by atoms with van der Waals surface area (Å²) >= 11 is 0. The van der Waals surface area contributed by atoms with Gasteiger partial charge in [-0.2, -0.15) is 10.4 Å². The highest BCUT2D eigenvalue weighted by atomic mass is 15.3. The second-order valence-electron chi connectivity index (χ2n) is 4.33.